The van der Waals surface area contributed by atoms with Crippen molar-refractivity contribution in [1.29, 1.82) is 0 Å². The highest BCUT2D eigenvalue weighted by Crippen LogP contribution is 2.24. The smallest absolute Gasteiger partial charge is 0.337 e. The number of carbonyl (C=O) groups excluding carboxylic acids is 3. The number of aliphatic hydroxyl groups is 1. The van der Waals surface area contributed by atoms with Gasteiger partial charge < -0.3 is 14.6 Å². The molecule has 0 aliphatic carbocycles. The zero-order valence-electron chi connectivity index (χ0n) is 14.7. The Morgan fingerprint density at radius 3 is 2.12 bits per heavy atom. The van der Waals surface area contributed by atoms with Crippen molar-refractivity contribution in [2.24, 2.45) is 5.92 Å². The normalized spacial score (nSPS) is 13.8. The highest BCUT2D eigenvalue weighted by Gasteiger charge is 2.27. The maximum Gasteiger partial charge on any atom is 0.337 e. The van der Waals surface area contributed by atoms with Gasteiger partial charge >= 0.3 is 11.9 Å². The third-order valence-electron chi connectivity index (χ3n) is 3.39. The number of Topliss-reactive ketones (excluding diaryl/α,β-unsaturated/α-hetero) is 1. The lowest BCUT2D eigenvalue weighted by Gasteiger charge is -2.21. The number of benzene rings is 1. The Labute approximate surface area is 141 Å². The number of esters is 2. The van der Waals surface area contributed by atoms with Crippen LogP contribution in [0.15, 0.2) is 24.3 Å². The minimum atomic E-state index is -1.08. The fourth-order valence-corrected chi connectivity index (χ4v) is 2.08. The van der Waals surface area contributed by atoms with Crippen LogP contribution in [0.4, 0.5) is 0 Å². The first-order valence-electron chi connectivity index (χ1n) is 7.66. The fourth-order valence-electron chi connectivity index (χ4n) is 2.08. The van der Waals surface area contributed by atoms with Crippen LogP contribution in [0.2, 0.25) is 0 Å². The van der Waals surface area contributed by atoms with Crippen molar-refractivity contribution < 1.29 is 29.0 Å². The highest BCUT2D eigenvalue weighted by atomic mass is 16.6. The van der Waals surface area contributed by atoms with E-state index in [9.17, 15) is 19.5 Å². The number of hydrogen-bond acceptors (Lipinski definition) is 6. The highest BCUT2D eigenvalue weighted by molar-refractivity contribution is 5.97. The van der Waals surface area contributed by atoms with Gasteiger partial charge in [0.2, 0.25) is 0 Å². The molecule has 0 radical (unpaired) electrons. The number of rotatable bonds is 6. The molecule has 0 spiro atoms. The Kier molecular flexibility index (Phi) is 6.66. The number of ether oxygens (including phenoxy) is 2. The van der Waals surface area contributed by atoms with Crippen LogP contribution < -0.4 is 0 Å². The molecule has 1 rings (SSSR count). The Bertz CT molecular complexity index is 597. The average Bonchev–Trinajstić information content (AvgIpc) is 2.50. The van der Waals surface area contributed by atoms with E-state index in [-0.39, 0.29) is 0 Å². The van der Waals surface area contributed by atoms with Crippen molar-refractivity contribution in [2.45, 2.75) is 45.8 Å². The molecular formula is C18H24O6. The minimum absolute atomic E-state index is 0.348. The molecule has 1 aromatic rings. The molecule has 0 saturated heterocycles. The average molecular weight is 336 g/mol. The Morgan fingerprint density at radius 1 is 1.12 bits per heavy atom. The minimum Gasteiger partial charge on any atom is -0.465 e. The molecule has 0 aliphatic heterocycles. The van der Waals surface area contributed by atoms with E-state index < -0.39 is 41.8 Å². The van der Waals surface area contributed by atoms with E-state index in [1.54, 1.807) is 39.8 Å². The summed E-state index contributed by atoms with van der Waals surface area (Å²) in [6.45, 7) is 6.70. The Hall–Kier alpha value is -2.21. The molecule has 0 fully saturated rings. The largest absolute Gasteiger partial charge is 0.465 e. The fraction of sp³-hybridized carbons (Fsp3) is 0.500. The number of aliphatic hydroxyl groups excluding tert-OH is 1. The van der Waals surface area contributed by atoms with E-state index >= 15 is 0 Å². The number of carbonyl (C=O) groups is 3. The van der Waals surface area contributed by atoms with Crippen molar-refractivity contribution in [3.63, 3.8) is 0 Å². The second-order valence-electron chi connectivity index (χ2n) is 6.58. The van der Waals surface area contributed by atoms with Crippen LogP contribution in [0.1, 0.15) is 56.1 Å². The standard InChI is InChI=1S/C18H24O6/c1-11(14(19)10-15(20)24-18(2,3)4)16(21)12-6-8-13(9-7-12)17(22)23-5/h6-9,11,16,21H,10H2,1-5H3/t11-,16+/m1/s1. The van der Waals surface area contributed by atoms with E-state index in [1.807, 2.05) is 0 Å². The van der Waals surface area contributed by atoms with Crippen LogP contribution in [-0.4, -0.2) is 35.5 Å². The van der Waals surface area contributed by atoms with Gasteiger partial charge in [0.1, 0.15) is 17.8 Å². The molecule has 0 bridgehead atoms. The van der Waals surface area contributed by atoms with Crippen molar-refractivity contribution in [1.82, 2.24) is 0 Å². The molecule has 1 N–H and O–H groups in total. The first kappa shape index (κ1) is 19.8. The number of ketones is 1. The van der Waals surface area contributed by atoms with Crippen molar-refractivity contribution in [3.05, 3.63) is 35.4 Å². The van der Waals surface area contributed by atoms with E-state index in [2.05, 4.69) is 4.74 Å². The van der Waals surface area contributed by atoms with Gasteiger partial charge in [-0.05, 0) is 38.5 Å². The molecule has 2 atom stereocenters. The molecule has 0 aliphatic rings. The topological polar surface area (TPSA) is 89.9 Å². The van der Waals surface area contributed by atoms with Crippen molar-refractivity contribution in [2.75, 3.05) is 7.11 Å². The van der Waals surface area contributed by atoms with E-state index in [0.29, 0.717) is 11.1 Å². The summed E-state index contributed by atoms with van der Waals surface area (Å²) in [6.07, 6.45) is -1.47. The monoisotopic (exact) mass is 336 g/mol. The molecule has 1 aromatic carbocycles. The molecule has 0 unspecified atom stereocenters. The van der Waals surface area contributed by atoms with E-state index in [1.165, 1.54) is 19.2 Å². The molecule has 0 saturated carbocycles. The lowest BCUT2D eigenvalue weighted by atomic mass is 9.92. The quantitative estimate of drug-likeness (QED) is 0.634. The summed E-state index contributed by atoms with van der Waals surface area (Å²) in [6, 6.07) is 6.12. The van der Waals surface area contributed by atoms with E-state index in [4.69, 9.17) is 4.74 Å². The van der Waals surface area contributed by atoms with E-state index in [0.717, 1.165) is 0 Å². The van der Waals surface area contributed by atoms with Gasteiger partial charge in [-0.1, -0.05) is 19.1 Å². The second-order valence-corrected chi connectivity index (χ2v) is 6.58. The summed E-state index contributed by atoms with van der Waals surface area (Å²) in [7, 11) is 1.28. The molecular weight excluding hydrogens is 312 g/mol. The lowest BCUT2D eigenvalue weighted by molar-refractivity contribution is -0.157. The predicted molar refractivity (Wildman–Crippen MR) is 87.4 cm³/mol. The summed E-state index contributed by atoms with van der Waals surface area (Å²) in [4.78, 5) is 35.2. The lowest BCUT2D eigenvalue weighted by Crippen LogP contribution is -2.28. The number of hydrogen-bond donors (Lipinski definition) is 1. The van der Waals surface area contributed by atoms with Gasteiger partial charge in [-0.25, -0.2) is 4.79 Å². The third kappa shape index (κ3) is 5.77. The summed E-state index contributed by atoms with van der Waals surface area (Å²) in [5, 5.41) is 10.3. The van der Waals surface area contributed by atoms with Gasteiger partial charge in [0, 0.05) is 5.92 Å². The Balaban J connectivity index is 2.72. The van der Waals surface area contributed by atoms with Gasteiger partial charge in [-0.15, -0.1) is 0 Å². The van der Waals surface area contributed by atoms with Gasteiger partial charge in [-0.2, -0.15) is 0 Å². The zero-order chi connectivity index (χ0) is 18.5. The summed E-state index contributed by atoms with van der Waals surface area (Å²) in [5.41, 5.74) is 0.164. The van der Waals surface area contributed by atoms with Gasteiger partial charge in [0.25, 0.3) is 0 Å². The first-order valence-corrected chi connectivity index (χ1v) is 7.66. The second kappa shape index (κ2) is 8.06. The van der Waals surface area contributed by atoms with Crippen molar-refractivity contribution in [3.8, 4) is 0 Å². The van der Waals surface area contributed by atoms with Crippen LogP contribution in [0.3, 0.4) is 0 Å². The SMILES string of the molecule is COC(=O)c1ccc([C@@H](O)[C@H](C)C(=O)CC(=O)OC(C)(C)C)cc1. The van der Waals surface area contributed by atoms with Gasteiger partial charge in [-0.3, -0.25) is 9.59 Å². The van der Waals surface area contributed by atoms with Crippen LogP contribution in [0.25, 0.3) is 0 Å². The predicted octanol–water partition coefficient (Wildman–Crippen LogP) is 2.44. The number of methoxy groups -OCH3 is 1. The Morgan fingerprint density at radius 2 is 1.67 bits per heavy atom. The third-order valence-corrected chi connectivity index (χ3v) is 3.39. The zero-order valence-corrected chi connectivity index (χ0v) is 14.7. The van der Waals surface area contributed by atoms with Crippen LogP contribution >= 0.6 is 0 Å². The summed E-state index contributed by atoms with van der Waals surface area (Å²) < 4.78 is 9.70. The molecule has 0 heterocycles. The van der Waals surface area contributed by atoms with Crippen LogP contribution in [-0.2, 0) is 19.1 Å². The molecule has 132 valence electrons. The van der Waals surface area contributed by atoms with Crippen LogP contribution in [0, 0.1) is 5.92 Å². The van der Waals surface area contributed by atoms with Crippen LogP contribution in [0.5, 0.6) is 0 Å². The maximum absolute atomic E-state index is 12.1. The van der Waals surface area contributed by atoms with Gasteiger partial charge in [0.15, 0.2) is 0 Å². The molecule has 6 heteroatoms. The first-order chi connectivity index (χ1) is 11.0. The van der Waals surface area contributed by atoms with Crippen molar-refractivity contribution >= 4 is 17.7 Å². The molecule has 24 heavy (non-hydrogen) atoms. The molecule has 6 nitrogen and oxygen atoms in total. The maximum atomic E-state index is 12.1. The summed E-state index contributed by atoms with van der Waals surface area (Å²) in [5.74, 6) is -2.28. The molecule has 0 amide bonds. The molecule has 0 aromatic heterocycles. The van der Waals surface area contributed by atoms with Gasteiger partial charge in [0.05, 0.1) is 18.8 Å². The summed E-state index contributed by atoms with van der Waals surface area (Å²) >= 11 is 0.